The van der Waals surface area contributed by atoms with Gasteiger partial charge < -0.3 is 18.9 Å². The van der Waals surface area contributed by atoms with Crippen molar-refractivity contribution >= 4 is 0 Å². The van der Waals surface area contributed by atoms with Gasteiger partial charge in [-0.3, -0.25) is 0 Å². The molecule has 4 nitrogen and oxygen atoms in total. The number of unbranched alkanes of at least 4 members (excludes halogenated alkanes) is 1. The first-order valence-electron chi connectivity index (χ1n) is 6.41. The van der Waals surface area contributed by atoms with Gasteiger partial charge in [0.1, 0.15) is 0 Å². The molecular weight excluding hydrogens is 208 g/mol. The summed E-state index contributed by atoms with van der Waals surface area (Å²) in [5.74, 6) is -0.592. The molecule has 4 heteroatoms. The molecule has 0 N–H and O–H groups in total. The van der Waals surface area contributed by atoms with Crippen LogP contribution in [0.1, 0.15) is 39.0 Å². The fourth-order valence-electron chi connectivity index (χ4n) is 2.72. The summed E-state index contributed by atoms with van der Waals surface area (Å²) in [4.78, 5) is 0. The van der Waals surface area contributed by atoms with E-state index in [4.69, 9.17) is 18.9 Å². The van der Waals surface area contributed by atoms with Gasteiger partial charge in [0.2, 0.25) is 12.1 Å². The second-order valence-electron chi connectivity index (χ2n) is 4.97. The van der Waals surface area contributed by atoms with Gasteiger partial charge in [-0.15, -0.1) is 0 Å². The zero-order valence-electron chi connectivity index (χ0n) is 9.81. The number of hydrogen-bond acceptors (Lipinski definition) is 4. The van der Waals surface area contributed by atoms with Gasteiger partial charge in [-0.25, -0.2) is 0 Å². The molecular formula is C12H20O4. The number of rotatable bonds is 3. The van der Waals surface area contributed by atoms with Crippen molar-refractivity contribution in [3.05, 3.63) is 0 Å². The fraction of sp³-hybridized carbons (Fsp3) is 1.00. The van der Waals surface area contributed by atoms with E-state index in [0.29, 0.717) is 13.2 Å². The maximum atomic E-state index is 6.05. The van der Waals surface area contributed by atoms with E-state index in [9.17, 15) is 0 Å². The zero-order chi connectivity index (χ0) is 11.0. The van der Waals surface area contributed by atoms with Gasteiger partial charge in [-0.2, -0.15) is 0 Å². The molecule has 16 heavy (non-hydrogen) atoms. The third kappa shape index (κ3) is 1.78. The van der Waals surface area contributed by atoms with Crippen LogP contribution in [0.3, 0.4) is 0 Å². The second kappa shape index (κ2) is 4.26. The van der Waals surface area contributed by atoms with Gasteiger partial charge in [0.15, 0.2) is 0 Å². The van der Waals surface area contributed by atoms with E-state index in [1.54, 1.807) is 0 Å². The highest BCUT2D eigenvalue weighted by molar-refractivity contribution is 4.90. The highest BCUT2D eigenvalue weighted by Crippen LogP contribution is 2.42. The zero-order valence-corrected chi connectivity index (χ0v) is 9.81. The first kappa shape index (κ1) is 11.0. The normalized spacial score (nSPS) is 46.7. The number of fused-ring (bicyclic) bond motifs is 3. The molecule has 0 aromatic carbocycles. The lowest BCUT2D eigenvalue weighted by atomic mass is 10.0. The monoisotopic (exact) mass is 228 g/mol. The summed E-state index contributed by atoms with van der Waals surface area (Å²) < 4.78 is 23.2. The molecule has 2 bridgehead atoms. The molecule has 0 radical (unpaired) electrons. The van der Waals surface area contributed by atoms with Crippen LogP contribution in [0.15, 0.2) is 0 Å². The van der Waals surface area contributed by atoms with Crippen molar-refractivity contribution in [3.63, 3.8) is 0 Å². The van der Waals surface area contributed by atoms with Crippen LogP contribution >= 0.6 is 0 Å². The van der Waals surface area contributed by atoms with E-state index in [1.165, 1.54) is 12.8 Å². The van der Waals surface area contributed by atoms with Gasteiger partial charge >= 0.3 is 0 Å². The summed E-state index contributed by atoms with van der Waals surface area (Å²) in [6.07, 6.45) is 5.56. The maximum Gasteiger partial charge on any atom is 0.221 e. The lowest BCUT2D eigenvalue weighted by molar-refractivity contribution is -0.308. The topological polar surface area (TPSA) is 36.9 Å². The Bertz CT molecular complexity index is 257. The van der Waals surface area contributed by atoms with Crippen molar-refractivity contribution in [2.24, 2.45) is 0 Å². The van der Waals surface area contributed by atoms with Crippen molar-refractivity contribution in [2.75, 3.05) is 13.2 Å². The quantitative estimate of drug-likeness (QED) is 0.738. The minimum absolute atomic E-state index is 0.226. The van der Waals surface area contributed by atoms with E-state index in [1.807, 2.05) is 0 Å². The Labute approximate surface area is 96.2 Å². The van der Waals surface area contributed by atoms with E-state index < -0.39 is 5.79 Å². The molecule has 3 unspecified atom stereocenters. The van der Waals surface area contributed by atoms with Gasteiger partial charge in [0.25, 0.3) is 0 Å². The van der Waals surface area contributed by atoms with E-state index >= 15 is 0 Å². The average molecular weight is 228 g/mol. The van der Waals surface area contributed by atoms with Crippen LogP contribution in [-0.2, 0) is 18.9 Å². The first-order chi connectivity index (χ1) is 7.82. The van der Waals surface area contributed by atoms with Crippen molar-refractivity contribution in [3.8, 4) is 0 Å². The molecule has 0 amide bonds. The maximum absolute atomic E-state index is 6.05. The van der Waals surface area contributed by atoms with Crippen molar-refractivity contribution in [1.82, 2.24) is 0 Å². The average Bonchev–Trinajstić information content (AvgIpc) is 2.87. The van der Waals surface area contributed by atoms with Crippen LogP contribution in [0.25, 0.3) is 0 Å². The summed E-state index contributed by atoms with van der Waals surface area (Å²) in [7, 11) is 0. The summed E-state index contributed by atoms with van der Waals surface area (Å²) in [5.41, 5.74) is 0. The van der Waals surface area contributed by atoms with Crippen LogP contribution in [0.2, 0.25) is 0 Å². The van der Waals surface area contributed by atoms with Crippen LogP contribution in [0.4, 0.5) is 0 Å². The summed E-state index contributed by atoms with van der Waals surface area (Å²) in [6, 6.07) is 0. The lowest BCUT2D eigenvalue weighted by Gasteiger charge is -2.35. The van der Waals surface area contributed by atoms with E-state index in [-0.39, 0.29) is 18.5 Å². The molecule has 3 aliphatic heterocycles. The fourth-order valence-corrected chi connectivity index (χ4v) is 2.72. The predicted octanol–water partition coefficient (Wildman–Crippen LogP) is 1.82. The third-order valence-electron chi connectivity index (χ3n) is 3.68. The second-order valence-corrected chi connectivity index (χ2v) is 4.97. The molecule has 3 fully saturated rings. The summed E-state index contributed by atoms with van der Waals surface area (Å²) in [5, 5.41) is 0. The lowest BCUT2D eigenvalue weighted by Crippen LogP contribution is -2.47. The summed E-state index contributed by atoms with van der Waals surface area (Å²) >= 11 is 0. The Balaban J connectivity index is 1.62. The molecule has 4 atom stereocenters. The molecule has 0 aromatic rings. The van der Waals surface area contributed by atoms with Crippen molar-refractivity contribution < 1.29 is 18.9 Å². The van der Waals surface area contributed by atoms with Crippen molar-refractivity contribution in [1.29, 1.82) is 0 Å². The van der Waals surface area contributed by atoms with Crippen LogP contribution in [0.5, 0.6) is 0 Å². The SMILES string of the molecule is CCCCC1COC2(CCC3CO[C@H]2O3)O1. The minimum Gasteiger partial charge on any atom is -0.345 e. The third-order valence-corrected chi connectivity index (χ3v) is 3.68. The molecule has 92 valence electrons. The molecule has 1 spiro atoms. The van der Waals surface area contributed by atoms with Crippen LogP contribution in [0, 0.1) is 0 Å². The van der Waals surface area contributed by atoms with E-state index in [2.05, 4.69) is 6.92 Å². The molecule has 3 saturated heterocycles. The molecule has 0 saturated carbocycles. The smallest absolute Gasteiger partial charge is 0.221 e. The number of hydrogen-bond donors (Lipinski definition) is 0. The predicted molar refractivity (Wildman–Crippen MR) is 56.9 cm³/mol. The highest BCUT2D eigenvalue weighted by Gasteiger charge is 2.55. The Morgan fingerprint density at radius 1 is 1.31 bits per heavy atom. The Morgan fingerprint density at radius 2 is 2.25 bits per heavy atom. The standard InChI is InChI=1S/C12H20O4/c1-2-3-4-10-8-14-12(16-10)6-5-9-7-13-11(12)15-9/h9-11H,2-8H2,1H3/t9?,10?,11-,12?/m0/s1. The van der Waals surface area contributed by atoms with Crippen LogP contribution < -0.4 is 0 Å². The Morgan fingerprint density at radius 3 is 3.12 bits per heavy atom. The summed E-state index contributed by atoms with van der Waals surface area (Å²) in [6.45, 7) is 3.58. The van der Waals surface area contributed by atoms with Crippen LogP contribution in [-0.4, -0.2) is 37.5 Å². The molecule has 3 rings (SSSR count). The first-order valence-corrected chi connectivity index (χ1v) is 6.41. The Kier molecular flexibility index (Phi) is 2.92. The van der Waals surface area contributed by atoms with Gasteiger partial charge in [0, 0.05) is 6.42 Å². The Hall–Kier alpha value is -0.160. The van der Waals surface area contributed by atoms with Gasteiger partial charge in [0.05, 0.1) is 25.4 Å². The highest BCUT2D eigenvalue weighted by atomic mass is 16.8. The molecule has 3 aliphatic rings. The number of ether oxygens (including phenoxy) is 4. The molecule has 0 aliphatic carbocycles. The largest absolute Gasteiger partial charge is 0.345 e. The molecule has 0 aromatic heterocycles. The van der Waals surface area contributed by atoms with E-state index in [0.717, 1.165) is 19.3 Å². The van der Waals surface area contributed by atoms with Gasteiger partial charge in [-0.05, 0) is 12.8 Å². The van der Waals surface area contributed by atoms with Gasteiger partial charge in [-0.1, -0.05) is 19.8 Å². The minimum atomic E-state index is -0.592. The van der Waals surface area contributed by atoms with Crippen molar-refractivity contribution in [2.45, 2.75) is 63.3 Å². The molecule has 3 heterocycles.